The highest BCUT2D eigenvalue weighted by Gasteiger charge is 2.28. The van der Waals surface area contributed by atoms with Gasteiger partial charge in [0, 0.05) is 31.7 Å². The molecular weight excluding hydrogens is 224 g/mol. The lowest BCUT2D eigenvalue weighted by Crippen LogP contribution is -2.57. The Morgan fingerprint density at radius 3 is 2.61 bits per heavy atom. The van der Waals surface area contributed by atoms with Crippen LogP contribution >= 0.6 is 0 Å². The molecule has 2 unspecified atom stereocenters. The Balaban J connectivity index is 1.88. The van der Waals surface area contributed by atoms with Gasteiger partial charge in [0.15, 0.2) is 0 Å². The number of piperazine rings is 1. The van der Waals surface area contributed by atoms with Crippen LogP contribution in [0.4, 0.5) is 0 Å². The molecular formula is C15H24N2O. The van der Waals surface area contributed by atoms with Gasteiger partial charge in [-0.2, -0.15) is 0 Å². The van der Waals surface area contributed by atoms with E-state index in [1.807, 2.05) is 0 Å². The summed E-state index contributed by atoms with van der Waals surface area (Å²) in [6, 6.07) is 11.5. The Hall–Kier alpha value is -0.900. The number of likely N-dealkylation sites (N-methyl/N-ethyl adjacent to an activating group) is 1. The van der Waals surface area contributed by atoms with Crippen molar-refractivity contribution in [1.29, 1.82) is 0 Å². The lowest BCUT2D eigenvalue weighted by atomic mass is 10.1. The van der Waals surface area contributed by atoms with Gasteiger partial charge in [-0.1, -0.05) is 30.3 Å². The van der Waals surface area contributed by atoms with Crippen LogP contribution in [0.3, 0.4) is 0 Å². The first-order valence-electron chi connectivity index (χ1n) is 6.79. The minimum absolute atomic E-state index is 0.255. The van der Waals surface area contributed by atoms with Crippen LogP contribution in [0.1, 0.15) is 12.5 Å². The quantitative estimate of drug-likeness (QED) is 0.868. The standard InChI is InChI=1S/C15H24N2O/c1-13-10-16(2)15(12-18)11-17(13)9-8-14-6-4-3-5-7-14/h3-7,13,15,18H,8-12H2,1-2H3. The van der Waals surface area contributed by atoms with E-state index < -0.39 is 0 Å². The summed E-state index contributed by atoms with van der Waals surface area (Å²) in [5.74, 6) is 0. The summed E-state index contributed by atoms with van der Waals surface area (Å²) in [5.41, 5.74) is 1.39. The van der Waals surface area contributed by atoms with Gasteiger partial charge in [-0.3, -0.25) is 9.80 Å². The second-order valence-corrected chi connectivity index (χ2v) is 5.36. The SMILES string of the molecule is CC1CN(C)C(CO)CN1CCc1ccccc1. The van der Waals surface area contributed by atoms with Crippen LogP contribution in [0.15, 0.2) is 30.3 Å². The fraction of sp³-hybridized carbons (Fsp3) is 0.600. The number of hydrogen-bond acceptors (Lipinski definition) is 3. The molecule has 1 fully saturated rings. The molecule has 0 radical (unpaired) electrons. The second-order valence-electron chi connectivity index (χ2n) is 5.36. The van der Waals surface area contributed by atoms with E-state index in [4.69, 9.17) is 0 Å². The molecule has 0 spiro atoms. The smallest absolute Gasteiger partial charge is 0.0599 e. The maximum atomic E-state index is 9.38. The summed E-state index contributed by atoms with van der Waals surface area (Å²) in [5, 5.41) is 9.38. The van der Waals surface area contributed by atoms with E-state index >= 15 is 0 Å². The monoisotopic (exact) mass is 248 g/mol. The van der Waals surface area contributed by atoms with Crippen LogP contribution in [-0.2, 0) is 6.42 Å². The van der Waals surface area contributed by atoms with Crippen molar-refractivity contribution in [2.24, 2.45) is 0 Å². The van der Waals surface area contributed by atoms with E-state index in [1.54, 1.807) is 0 Å². The molecule has 0 aromatic heterocycles. The van der Waals surface area contributed by atoms with Crippen molar-refractivity contribution in [2.45, 2.75) is 25.4 Å². The molecule has 2 atom stereocenters. The van der Waals surface area contributed by atoms with E-state index in [-0.39, 0.29) is 12.6 Å². The largest absolute Gasteiger partial charge is 0.395 e. The van der Waals surface area contributed by atoms with Gasteiger partial charge in [0.05, 0.1) is 6.61 Å². The first-order chi connectivity index (χ1) is 8.70. The van der Waals surface area contributed by atoms with Crippen molar-refractivity contribution in [2.75, 3.05) is 33.3 Å². The van der Waals surface area contributed by atoms with Crippen molar-refractivity contribution < 1.29 is 5.11 Å². The predicted molar refractivity (Wildman–Crippen MR) is 74.7 cm³/mol. The summed E-state index contributed by atoms with van der Waals surface area (Å²) >= 11 is 0. The van der Waals surface area contributed by atoms with Gasteiger partial charge in [-0.25, -0.2) is 0 Å². The molecule has 100 valence electrons. The van der Waals surface area contributed by atoms with Crippen molar-refractivity contribution in [1.82, 2.24) is 9.80 Å². The van der Waals surface area contributed by atoms with Gasteiger partial charge in [0.2, 0.25) is 0 Å². The topological polar surface area (TPSA) is 26.7 Å². The predicted octanol–water partition coefficient (Wildman–Crippen LogP) is 1.23. The number of aliphatic hydroxyl groups is 1. The molecule has 1 aromatic carbocycles. The molecule has 0 aliphatic carbocycles. The molecule has 1 heterocycles. The average molecular weight is 248 g/mol. The highest BCUT2D eigenvalue weighted by molar-refractivity contribution is 5.15. The van der Waals surface area contributed by atoms with E-state index in [0.29, 0.717) is 6.04 Å². The first kappa shape index (κ1) is 13.5. The molecule has 1 aromatic rings. The highest BCUT2D eigenvalue weighted by Crippen LogP contribution is 2.14. The minimum Gasteiger partial charge on any atom is -0.395 e. The Kier molecular flexibility index (Phi) is 4.75. The molecule has 3 nitrogen and oxygen atoms in total. The maximum absolute atomic E-state index is 9.38. The molecule has 1 aliphatic heterocycles. The highest BCUT2D eigenvalue weighted by atomic mass is 16.3. The molecule has 0 bridgehead atoms. The fourth-order valence-corrected chi connectivity index (χ4v) is 2.70. The fourth-order valence-electron chi connectivity index (χ4n) is 2.70. The second kappa shape index (κ2) is 6.32. The van der Waals surface area contributed by atoms with Gasteiger partial charge in [0.1, 0.15) is 0 Å². The van der Waals surface area contributed by atoms with Crippen molar-refractivity contribution in [3.05, 3.63) is 35.9 Å². The zero-order chi connectivity index (χ0) is 13.0. The van der Waals surface area contributed by atoms with Crippen LogP contribution in [0.2, 0.25) is 0 Å². The van der Waals surface area contributed by atoms with Gasteiger partial charge < -0.3 is 5.11 Å². The van der Waals surface area contributed by atoms with Gasteiger partial charge in [-0.15, -0.1) is 0 Å². The Bertz CT molecular complexity index is 355. The zero-order valence-corrected chi connectivity index (χ0v) is 11.4. The lowest BCUT2D eigenvalue weighted by molar-refractivity contribution is 0.0258. The number of benzene rings is 1. The van der Waals surface area contributed by atoms with E-state index in [1.165, 1.54) is 5.56 Å². The third-order valence-corrected chi connectivity index (χ3v) is 3.99. The Labute approximate surface area is 110 Å². The van der Waals surface area contributed by atoms with Crippen LogP contribution in [-0.4, -0.2) is 60.3 Å². The normalized spacial score (nSPS) is 26.4. The number of hydrogen-bond donors (Lipinski definition) is 1. The van der Waals surface area contributed by atoms with E-state index in [2.05, 4.69) is 54.1 Å². The van der Waals surface area contributed by atoms with E-state index in [9.17, 15) is 5.11 Å². The Morgan fingerprint density at radius 2 is 1.94 bits per heavy atom. The van der Waals surface area contributed by atoms with Gasteiger partial charge in [-0.05, 0) is 26.0 Å². The van der Waals surface area contributed by atoms with Crippen LogP contribution in [0, 0.1) is 0 Å². The third-order valence-electron chi connectivity index (χ3n) is 3.99. The molecule has 18 heavy (non-hydrogen) atoms. The molecule has 2 rings (SSSR count). The zero-order valence-electron chi connectivity index (χ0n) is 11.4. The molecule has 1 saturated heterocycles. The number of nitrogens with zero attached hydrogens (tertiary/aromatic N) is 2. The van der Waals surface area contributed by atoms with Crippen molar-refractivity contribution in [3.8, 4) is 0 Å². The summed E-state index contributed by atoms with van der Waals surface area (Å²) < 4.78 is 0. The average Bonchev–Trinajstić information content (AvgIpc) is 2.39. The van der Waals surface area contributed by atoms with Crippen LogP contribution in [0.5, 0.6) is 0 Å². The number of rotatable bonds is 4. The number of aliphatic hydroxyl groups excluding tert-OH is 1. The van der Waals surface area contributed by atoms with Crippen molar-refractivity contribution in [3.63, 3.8) is 0 Å². The molecule has 3 heteroatoms. The molecule has 1 aliphatic rings. The minimum atomic E-state index is 0.255. The van der Waals surface area contributed by atoms with Gasteiger partial charge in [0.25, 0.3) is 0 Å². The summed E-state index contributed by atoms with van der Waals surface area (Å²) in [6.45, 7) is 5.62. The molecule has 0 amide bonds. The summed E-state index contributed by atoms with van der Waals surface area (Å²) in [7, 11) is 2.10. The lowest BCUT2D eigenvalue weighted by Gasteiger charge is -2.43. The van der Waals surface area contributed by atoms with E-state index in [0.717, 1.165) is 26.1 Å². The van der Waals surface area contributed by atoms with Crippen LogP contribution in [0.25, 0.3) is 0 Å². The summed E-state index contributed by atoms with van der Waals surface area (Å²) in [4.78, 5) is 4.76. The molecule has 1 N–H and O–H groups in total. The first-order valence-corrected chi connectivity index (χ1v) is 6.79. The summed E-state index contributed by atoms with van der Waals surface area (Å²) in [6.07, 6.45) is 1.09. The molecule has 0 saturated carbocycles. The van der Waals surface area contributed by atoms with Crippen LogP contribution < -0.4 is 0 Å². The third kappa shape index (κ3) is 3.31. The van der Waals surface area contributed by atoms with Crippen molar-refractivity contribution >= 4 is 0 Å². The maximum Gasteiger partial charge on any atom is 0.0599 e. The van der Waals surface area contributed by atoms with Gasteiger partial charge >= 0.3 is 0 Å². The Morgan fingerprint density at radius 1 is 1.22 bits per heavy atom.